The molecule has 41 heavy (non-hydrogen) atoms. The van der Waals surface area contributed by atoms with Crippen molar-refractivity contribution in [1.82, 2.24) is 4.98 Å². The van der Waals surface area contributed by atoms with Gasteiger partial charge in [0, 0.05) is 22.0 Å². The van der Waals surface area contributed by atoms with E-state index in [1.807, 2.05) is 48.5 Å². The second kappa shape index (κ2) is 8.29. The standard InChI is InChI=1S/C36H25N3O2/c1-2-12-26-22(9-1)23-21-36(20-19-27(23)37-26,24-10-7-17-32-34(24)38-28-13-3-5-15-30(28)40-32)25-11-8-18-33-35(25)39-29-14-4-6-16-31(29)41-33/h1-20,37-39H,21H2. The Morgan fingerprint density at radius 3 is 1.78 bits per heavy atom. The minimum absolute atomic E-state index is 0.528. The number of fused-ring (bicyclic) bond motifs is 7. The van der Waals surface area contributed by atoms with Gasteiger partial charge in [0.1, 0.15) is 0 Å². The molecule has 196 valence electrons. The number of allylic oxidation sites excluding steroid dienone is 1. The summed E-state index contributed by atoms with van der Waals surface area (Å²) >= 11 is 0. The minimum Gasteiger partial charge on any atom is -0.453 e. The molecule has 0 bridgehead atoms. The lowest BCUT2D eigenvalue weighted by Crippen LogP contribution is -2.32. The number of aromatic amines is 1. The first-order chi connectivity index (χ1) is 20.3. The van der Waals surface area contributed by atoms with Crippen LogP contribution >= 0.6 is 0 Å². The number of aromatic nitrogens is 1. The van der Waals surface area contributed by atoms with Crippen LogP contribution in [-0.2, 0) is 11.8 Å². The highest BCUT2D eigenvalue weighted by atomic mass is 16.5. The second-order valence-electron chi connectivity index (χ2n) is 10.8. The summed E-state index contributed by atoms with van der Waals surface area (Å²) < 4.78 is 12.9. The average Bonchev–Trinajstić information content (AvgIpc) is 3.40. The van der Waals surface area contributed by atoms with E-state index in [0.29, 0.717) is 0 Å². The summed E-state index contributed by atoms with van der Waals surface area (Å²) in [5, 5.41) is 8.71. The van der Waals surface area contributed by atoms with Crippen molar-refractivity contribution in [2.45, 2.75) is 11.8 Å². The smallest absolute Gasteiger partial charge is 0.151 e. The molecule has 3 heterocycles. The molecule has 0 saturated heterocycles. The SMILES string of the molecule is C1=CC(c2cccc3c2Nc2ccccc2O3)(c2cccc3c2Nc2ccccc2O3)Cc2c1[nH]c1ccccc21. The van der Waals surface area contributed by atoms with E-state index in [-0.39, 0.29) is 0 Å². The Morgan fingerprint density at radius 2 is 1.12 bits per heavy atom. The van der Waals surface area contributed by atoms with Crippen molar-refractivity contribution in [3.63, 3.8) is 0 Å². The number of nitrogens with one attached hydrogen (secondary N) is 3. The first kappa shape index (κ1) is 22.4. The summed E-state index contributed by atoms with van der Waals surface area (Å²) in [4.78, 5) is 3.64. The molecule has 0 amide bonds. The van der Waals surface area contributed by atoms with Gasteiger partial charge >= 0.3 is 0 Å². The van der Waals surface area contributed by atoms with E-state index in [1.54, 1.807) is 0 Å². The molecule has 0 radical (unpaired) electrons. The minimum atomic E-state index is -0.528. The molecule has 5 heteroatoms. The third kappa shape index (κ3) is 3.23. The summed E-state index contributed by atoms with van der Waals surface area (Å²) in [6, 6.07) is 37.5. The number of para-hydroxylation sites is 7. The van der Waals surface area contributed by atoms with Gasteiger partial charge in [0.25, 0.3) is 0 Å². The topological polar surface area (TPSA) is 58.3 Å². The molecule has 0 fully saturated rings. The Balaban J connectivity index is 1.30. The van der Waals surface area contributed by atoms with Crippen LogP contribution in [0.2, 0.25) is 0 Å². The van der Waals surface area contributed by atoms with Crippen molar-refractivity contribution in [3.05, 3.63) is 138 Å². The van der Waals surface area contributed by atoms with Crippen molar-refractivity contribution in [2.75, 3.05) is 10.6 Å². The van der Waals surface area contributed by atoms with E-state index < -0.39 is 5.41 Å². The molecule has 3 N–H and O–H groups in total. The zero-order chi connectivity index (χ0) is 27.0. The molecule has 5 nitrogen and oxygen atoms in total. The fourth-order valence-corrected chi connectivity index (χ4v) is 6.69. The predicted molar refractivity (Wildman–Crippen MR) is 164 cm³/mol. The number of rotatable bonds is 2. The fraction of sp³-hybridized carbons (Fsp3) is 0.0556. The van der Waals surface area contributed by atoms with Gasteiger partial charge in [-0.25, -0.2) is 0 Å². The van der Waals surface area contributed by atoms with Gasteiger partial charge in [-0.3, -0.25) is 0 Å². The van der Waals surface area contributed by atoms with E-state index in [4.69, 9.17) is 9.47 Å². The van der Waals surface area contributed by atoms with Gasteiger partial charge in [-0.2, -0.15) is 0 Å². The van der Waals surface area contributed by atoms with Crippen molar-refractivity contribution in [2.24, 2.45) is 0 Å². The number of ether oxygens (including phenoxy) is 2. The van der Waals surface area contributed by atoms with Crippen LogP contribution in [0, 0.1) is 0 Å². The van der Waals surface area contributed by atoms with Crippen LogP contribution in [0.1, 0.15) is 22.4 Å². The Morgan fingerprint density at radius 1 is 0.561 bits per heavy atom. The summed E-state index contributed by atoms with van der Waals surface area (Å²) in [5.41, 5.74) is 9.24. The van der Waals surface area contributed by atoms with E-state index >= 15 is 0 Å². The maximum Gasteiger partial charge on any atom is 0.151 e. The summed E-state index contributed by atoms with van der Waals surface area (Å²) in [6.07, 6.45) is 5.36. The van der Waals surface area contributed by atoms with E-state index in [1.165, 1.54) is 10.9 Å². The molecule has 5 aromatic carbocycles. The van der Waals surface area contributed by atoms with Crippen molar-refractivity contribution in [3.8, 4) is 23.0 Å². The normalized spacial score (nSPS) is 15.1. The number of benzene rings is 5. The van der Waals surface area contributed by atoms with Gasteiger partial charge in [0.05, 0.1) is 22.7 Å². The zero-order valence-electron chi connectivity index (χ0n) is 22.1. The van der Waals surface area contributed by atoms with Crippen LogP contribution in [0.5, 0.6) is 23.0 Å². The monoisotopic (exact) mass is 531 g/mol. The molecule has 0 spiro atoms. The van der Waals surface area contributed by atoms with Gasteiger partial charge in [0.2, 0.25) is 0 Å². The first-order valence-electron chi connectivity index (χ1n) is 13.9. The number of anilines is 4. The van der Waals surface area contributed by atoms with Gasteiger partial charge in [-0.05, 0) is 71.7 Å². The highest BCUT2D eigenvalue weighted by Gasteiger charge is 2.42. The van der Waals surface area contributed by atoms with Crippen LogP contribution in [-0.4, -0.2) is 4.98 Å². The van der Waals surface area contributed by atoms with Crippen LogP contribution < -0.4 is 20.1 Å². The molecule has 3 aliphatic rings. The Bertz CT molecular complexity index is 1960. The zero-order valence-corrected chi connectivity index (χ0v) is 22.1. The molecule has 0 atom stereocenters. The predicted octanol–water partition coefficient (Wildman–Crippen LogP) is 9.42. The molecule has 1 aromatic heterocycles. The molecule has 0 saturated carbocycles. The maximum absolute atomic E-state index is 6.44. The Labute approximate surface area is 237 Å². The molecule has 6 aromatic rings. The van der Waals surface area contributed by atoms with Crippen molar-refractivity contribution < 1.29 is 9.47 Å². The largest absolute Gasteiger partial charge is 0.453 e. The molecule has 1 aliphatic carbocycles. The van der Waals surface area contributed by atoms with E-state index in [2.05, 4.69) is 88.4 Å². The third-order valence-corrected chi connectivity index (χ3v) is 8.58. The van der Waals surface area contributed by atoms with E-state index in [0.717, 1.165) is 74.5 Å². The van der Waals surface area contributed by atoms with Gasteiger partial charge in [0.15, 0.2) is 23.0 Å². The van der Waals surface area contributed by atoms with Crippen LogP contribution in [0.25, 0.3) is 17.0 Å². The average molecular weight is 532 g/mol. The highest BCUT2D eigenvalue weighted by Crippen LogP contribution is 2.55. The quantitative estimate of drug-likeness (QED) is 0.208. The second-order valence-corrected chi connectivity index (χ2v) is 10.8. The highest BCUT2D eigenvalue weighted by molar-refractivity contribution is 5.91. The molecular weight excluding hydrogens is 506 g/mol. The molecule has 2 aliphatic heterocycles. The van der Waals surface area contributed by atoms with Crippen LogP contribution in [0.3, 0.4) is 0 Å². The van der Waals surface area contributed by atoms with Gasteiger partial charge in [-0.15, -0.1) is 0 Å². The summed E-state index contributed by atoms with van der Waals surface area (Å²) in [7, 11) is 0. The van der Waals surface area contributed by atoms with Gasteiger partial charge in [-0.1, -0.05) is 72.8 Å². The lowest BCUT2D eigenvalue weighted by Gasteiger charge is -2.39. The number of H-pyrrole nitrogens is 1. The molecule has 9 rings (SSSR count). The maximum atomic E-state index is 6.44. The van der Waals surface area contributed by atoms with Gasteiger partial charge < -0.3 is 25.1 Å². The lowest BCUT2D eigenvalue weighted by atomic mass is 9.66. The van der Waals surface area contributed by atoms with E-state index in [9.17, 15) is 0 Å². The fourth-order valence-electron chi connectivity index (χ4n) is 6.69. The lowest BCUT2D eigenvalue weighted by molar-refractivity contribution is 0.476. The Hall–Kier alpha value is -5.42. The summed E-state index contributed by atoms with van der Waals surface area (Å²) in [5.74, 6) is 3.29. The molecular formula is C36H25N3O2. The molecule has 0 unspecified atom stereocenters. The number of hydrogen-bond acceptors (Lipinski definition) is 4. The Kier molecular flexibility index (Phi) is 4.53. The summed E-state index contributed by atoms with van der Waals surface area (Å²) in [6.45, 7) is 0. The van der Waals surface area contributed by atoms with Crippen molar-refractivity contribution in [1.29, 1.82) is 0 Å². The number of hydrogen-bond donors (Lipinski definition) is 3. The van der Waals surface area contributed by atoms with Crippen LogP contribution in [0.4, 0.5) is 22.7 Å². The van der Waals surface area contributed by atoms with Crippen LogP contribution in [0.15, 0.2) is 115 Å². The first-order valence-corrected chi connectivity index (χ1v) is 13.9. The third-order valence-electron chi connectivity index (χ3n) is 8.58. The van der Waals surface area contributed by atoms with Crippen molar-refractivity contribution >= 4 is 39.7 Å².